The maximum Gasteiger partial charge on any atom is 2.00 e. The Morgan fingerprint density at radius 1 is 1.25 bits per heavy atom. The van der Waals surface area contributed by atoms with E-state index in [-0.39, 0.29) is 74.0 Å². The normalized spacial score (nSPS) is 7.25. The molecule has 0 aliphatic rings. The first-order valence-electron chi connectivity index (χ1n) is 0.698. The Morgan fingerprint density at radius 2 is 1.25 bits per heavy atom. The molecule has 45 valence electrons. The Balaban J connectivity index is -0.00000000533. The molecular formula is H5MgMnNaO4S. The van der Waals surface area contributed by atoms with Crippen LogP contribution in [0.15, 0.2) is 0 Å². The van der Waals surface area contributed by atoms with Gasteiger partial charge in [-0.2, -0.15) is 8.42 Å². The van der Waals surface area contributed by atoms with Crippen molar-refractivity contribution < 1.29 is 68.4 Å². The van der Waals surface area contributed by atoms with Crippen LogP contribution in [0.3, 0.4) is 0 Å². The summed E-state index contributed by atoms with van der Waals surface area (Å²) in [6.07, 6.45) is 0. The molecule has 1 radical (unpaired) electrons. The van der Waals surface area contributed by atoms with Crippen molar-refractivity contribution in [2.45, 2.75) is 0 Å². The summed E-state index contributed by atoms with van der Waals surface area (Å²) in [7, 11) is -4.67. The molecule has 0 fully saturated rings. The van der Waals surface area contributed by atoms with Gasteiger partial charge in [-0.05, 0) is 0 Å². The molecule has 0 aliphatic heterocycles. The smallest absolute Gasteiger partial charge is 1.00 e. The van der Waals surface area contributed by atoms with Crippen LogP contribution in [0.25, 0.3) is 0 Å². The molecule has 0 aromatic carbocycles. The zero-order chi connectivity index (χ0) is 4.50. The van der Waals surface area contributed by atoms with Crippen molar-refractivity contribution in [3.8, 4) is 0 Å². The second-order valence-corrected chi connectivity index (χ2v) is 1.34. The van der Waals surface area contributed by atoms with Crippen LogP contribution in [0.4, 0.5) is 0 Å². The van der Waals surface area contributed by atoms with Gasteiger partial charge in [-0.1, -0.05) is 0 Å². The Bertz CT molecular complexity index is 109. The molecule has 2 N–H and O–H groups in total. The van der Waals surface area contributed by atoms with Crippen LogP contribution < -0.4 is 29.6 Å². The van der Waals surface area contributed by atoms with E-state index in [4.69, 9.17) is 17.5 Å². The fourth-order valence-electron chi connectivity index (χ4n) is 0. The molecule has 0 amide bonds. The van der Waals surface area contributed by atoms with Crippen LogP contribution in [0.1, 0.15) is 4.28 Å². The van der Waals surface area contributed by atoms with E-state index in [0.29, 0.717) is 0 Å². The van der Waals surface area contributed by atoms with Gasteiger partial charge in [0, 0.05) is 17.1 Å². The minimum Gasteiger partial charge on any atom is -1.00 e. The van der Waals surface area contributed by atoms with Crippen LogP contribution in [0.2, 0.25) is 0 Å². The van der Waals surface area contributed by atoms with Crippen molar-refractivity contribution in [1.82, 2.24) is 0 Å². The summed E-state index contributed by atoms with van der Waals surface area (Å²) in [6.45, 7) is 0. The summed E-state index contributed by atoms with van der Waals surface area (Å²) in [6, 6.07) is 0. The van der Waals surface area contributed by atoms with Gasteiger partial charge in [0.25, 0.3) is 0 Å². The Labute approximate surface area is 101 Å². The van der Waals surface area contributed by atoms with E-state index in [1.165, 1.54) is 0 Å². The number of rotatable bonds is 0. The van der Waals surface area contributed by atoms with Crippen LogP contribution in [-0.2, 0) is 27.5 Å². The summed E-state index contributed by atoms with van der Waals surface area (Å²) >= 11 is 0. The van der Waals surface area contributed by atoms with Gasteiger partial charge < -0.3 is 4.28 Å². The first-order chi connectivity index (χ1) is 2.00. The number of hydrogen-bond donors (Lipinski definition) is 2. The Kier molecular flexibility index (Phi) is 25.7. The van der Waals surface area contributed by atoms with Gasteiger partial charge in [-0.25, -0.2) is 0 Å². The summed E-state index contributed by atoms with van der Waals surface area (Å²) in [5, 5.41) is 0. The van der Waals surface area contributed by atoms with E-state index in [9.17, 15) is 0 Å². The second kappa shape index (κ2) is 9.16. The quantitative estimate of drug-likeness (QED) is 0.314. The van der Waals surface area contributed by atoms with Crippen molar-refractivity contribution in [2.75, 3.05) is 0 Å². The molecule has 0 spiro atoms. The molecule has 0 aromatic rings. The average molecular weight is 203 g/mol. The fraction of sp³-hybridized carbons (Fsp3) is 0. The fourth-order valence-corrected chi connectivity index (χ4v) is 0. The summed E-state index contributed by atoms with van der Waals surface area (Å²) in [5.74, 6) is 0. The van der Waals surface area contributed by atoms with Gasteiger partial charge in [0.05, 0.1) is 0 Å². The van der Waals surface area contributed by atoms with Gasteiger partial charge in [0.2, 0.25) is 0 Å². The third kappa shape index (κ3) is 89.9. The molecule has 0 bridgehead atoms. The first kappa shape index (κ1) is 22.5. The molecule has 0 saturated heterocycles. The predicted octanol–water partition coefficient (Wildman–Crippen LogP) is -3.69. The molecule has 0 saturated carbocycles. The summed E-state index contributed by atoms with van der Waals surface area (Å²) < 4.78 is 31.6. The Hall–Kier alpha value is 2.16. The van der Waals surface area contributed by atoms with Gasteiger partial charge in [0.15, 0.2) is 0 Å². The van der Waals surface area contributed by atoms with Gasteiger partial charge >= 0.3 is 63.0 Å². The zero-order valence-electron chi connectivity index (χ0n) is 7.20. The SMILES string of the molecule is O=S(=O)(O)O.[H-].[H-].[H-].[Mg+2].[Mn].[Na+]. The summed E-state index contributed by atoms with van der Waals surface area (Å²) in [4.78, 5) is 0. The van der Waals surface area contributed by atoms with E-state index in [1.54, 1.807) is 0 Å². The van der Waals surface area contributed by atoms with E-state index < -0.39 is 10.4 Å². The molecule has 8 heteroatoms. The second-order valence-electron chi connectivity index (χ2n) is 0.448. The maximum atomic E-state index is 8.74. The van der Waals surface area contributed by atoms with Crippen LogP contribution in [0.5, 0.6) is 0 Å². The van der Waals surface area contributed by atoms with Crippen LogP contribution in [0, 0.1) is 0 Å². The Morgan fingerprint density at radius 3 is 1.25 bits per heavy atom. The maximum absolute atomic E-state index is 8.74. The number of hydrogen-bond acceptors (Lipinski definition) is 2. The van der Waals surface area contributed by atoms with Crippen LogP contribution in [-0.4, -0.2) is 40.6 Å². The molecular weight excluding hydrogens is 198 g/mol. The molecule has 0 aliphatic carbocycles. The van der Waals surface area contributed by atoms with Gasteiger partial charge in [-0.3, -0.25) is 9.11 Å². The van der Waals surface area contributed by atoms with E-state index in [2.05, 4.69) is 0 Å². The molecule has 0 unspecified atom stereocenters. The third-order valence-electron chi connectivity index (χ3n) is 0. The van der Waals surface area contributed by atoms with Crippen molar-refractivity contribution in [2.24, 2.45) is 0 Å². The van der Waals surface area contributed by atoms with Gasteiger partial charge in [-0.15, -0.1) is 0 Å². The standard InChI is InChI=1S/Mg.Mn.Na.H2O4S.3H/c;;;1-5(2,3)4;;;/h;;;(H2,1,2,3,4);;;/q+2;;+1;;3*-1. The minimum atomic E-state index is -4.67. The van der Waals surface area contributed by atoms with Crippen LogP contribution >= 0.6 is 0 Å². The van der Waals surface area contributed by atoms with E-state index >= 15 is 0 Å². The van der Waals surface area contributed by atoms with Crippen molar-refractivity contribution >= 4 is 33.5 Å². The summed E-state index contributed by atoms with van der Waals surface area (Å²) in [5.41, 5.74) is 0. The van der Waals surface area contributed by atoms with E-state index in [1.807, 2.05) is 0 Å². The van der Waals surface area contributed by atoms with Crippen molar-refractivity contribution in [1.29, 1.82) is 0 Å². The topological polar surface area (TPSA) is 74.6 Å². The molecule has 0 atom stereocenters. The minimum absolute atomic E-state index is 0. The first-order valence-corrected chi connectivity index (χ1v) is 2.10. The molecule has 0 rings (SSSR count). The van der Waals surface area contributed by atoms with E-state index in [0.717, 1.165) is 0 Å². The molecule has 4 nitrogen and oxygen atoms in total. The molecule has 0 aromatic heterocycles. The molecule has 8 heavy (non-hydrogen) atoms. The zero-order valence-corrected chi connectivity index (χ0v) is 9.62. The largest absolute Gasteiger partial charge is 2.00 e. The third-order valence-corrected chi connectivity index (χ3v) is 0. The average Bonchev–Trinajstić information content (AvgIpc) is 0.722. The van der Waals surface area contributed by atoms with Crippen molar-refractivity contribution in [3.63, 3.8) is 0 Å². The monoisotopic (exact) mass is 203 g/mol. The van der Waals surface area contributed by atoms with Gasteiger partial charge in [0.1, 0.15) is 0 Å². The molecule has 0 heterocycles. The predicted molar refractivity (Wildman–Crippen MR) is 23.3 cm³/mol. The van der Waals surface area contributed by atoms with Crippen molar-refractivity contribution in [3.05, 3.63) is 0 Å².